The van der Waals surface area contributed by atoms with Gasteiger partial charge in [-0.1, -0.05) is 45.5 Å². The SMILES string of the molecule is C=CCOC(=O)c1c(C)c(OC)cc(O[Si](C)(C)C(C)(C)C(C)C)c1[C@H](NC(=O)CO)SCCc1nc(C)no1. The molecule has 0 aliphatic rings. The van der Waals surface area contributed by atoms with Crippen LogP contribution in [0.4, 0.5) is 0 Å². The largest absolute Gasteiger partial charge is 0.543 e. The number of carbonyl (C=O) groups excluding carboxylic acids is 2. The van der Waals surface area contributed by atoms with Gasteiger partial charge in [-0.25, -0.2) is 4.79 Å². The van der Waals surface area contributed by atoms with Gasteiger partial charge in [0.1, 0.15) is 30.1 Å². The van der Waals surface area contributed by atoms with Crippen LogP contribution in [0.3, 0.4) is 0 Å². The van der Waals surface area contributed by atoms with Crippen LogP contribution in [0.25, 0.3) is 0 Å². The van der Waals surface area contributed by atoms with Crippen molar-refractivity contribution in [3.8, 4) is 11.5 Å². The summed E-state index contributed by atoms with van der Waals surface area (Å²) in [4.78, 5) is 30.3. The van der Waals surface area contributed by atoms with Gasteiger partial charge in [-0.15, -0.1) is 11.8 Å². The standard InChI is InChI=1S/C28H43N3O7SSi/c1-11-13-36-27(34)24-18(4)20(35-8)15-21(38-40(9,10)28(6,7)17(2)3)25(24)26(30-22(33)16-32)39-14-12-23-29-19(5)31-37-23/h11,15,17,26,32H,1,12-14,16H2,2-10H3,(H,30,33)/t26-/m1/s1. The lowest BCUT2D eigenvalue weighted by atomic mass is 9.99. The number of thioether (sulfide) groups is 1. The predicted molar refractivity (Wildman–Crippen MR) is 158 cm³/mol. The van der Waals surface area contributed by atoms with Crippen LogP contribution in [0.5, 0.6) is 11.5 Å². The van der Waals surface area contributed by atoms with E-state index in [4.69, 9.17) is 18.4 Å². The van der Waals surface area contributed by atoms with Gasteiger partial charge in [0, 0.05) is 29.4 Å². The molecule has 1 aromatic heterocycles. The normalized spacial score (nSPS) is 12.7. The van der Waals surface area contributed by atoms with E-state index in [9.17, 15) is 14.7 Å². The summed E-state index contributed by atoms with van der Waals surface area (Å²) in [7, 11) is -0.981. The molecule has 40 heavy (non-hydrogen) atoms. The fourth-order valence-corrected chi connectivity index (χ4v) is 7.49. The molecule has 10 nitrogen and oxygen atoms in total. The molecule has 1 amide bonds. The topological polar surface area (TPSA) is 133 Å². The number of methoxy groups -OCH3 is 1. The van der Waals surface area contributed by atoms with Crippen LogP contribution in [0.15, 0.2) is 23.2 Å². The van der Waals surface area contributed by atoms with Crippen LogP contribution in [0.2, 0.25) is 18.1 Å². The van der Waals surface area contributed by atoms with Gasteiger partial charge in [-0.3, -0.25) is 4.79 Å². The number of hydrogen-bond acceptors (Lipinski definition) is 10. The minimum Gasteiger partial charge on any atom is -0.543 e. The van der Waals surface area contributed by atoms with Crippen molar-refractivity contribution < 1.29 is 33.1 Å². The Bertz CT molecular complexity index is 1200. The Morgan fingerprint density at radius 1 is 1.27 bits per heavy atom. The average Bonchev–Trinajstić information content (AvgIpc) is 3.31. The Hall–Kier alpha value is -2.83. The van der Waals surface area contributed by atoms with Gasteiger partial charge in [0.25, 0.3) is 8.32 Å². The fourth-order valence-electron chi connectivity index (χ4n) is 3.98. The summed E-state index contributed by atoms with van der Waals surface area (Å²) in [6, 6.07) is 1.76. The zero-order chi connectivity index (χ0) is 30.3. The Morgan fingerprint density at radius 3 is 2.48 bits per heavy atom. The van der Waals surface area contributed by atoms with E-state index < -0.39 is 32.2 Å². The van der Waals surface area contributed by atoms with E-state index >= 15 is 0 Å². The second-order valence-electron chi connectivity index (χ2n) is 10.8. The Kier molecular flexibility index (Phi) is 11.8. The van der Waals surface area contributed by atoms with E-state index in [-0.39, 0.29) is 17.2 Å². The highest BCUT2D eigenvalue weighted by molar-refractivity contribution is 7.99. The third-order valence-corrected chi connectivity index (χ3v) is 13.1. The summed E-state index contributed by atoms with van der Waals surface area (Å²) in [6.45, 7) is 19.4. The lowest BCUT2D eigenvalue weighted by molar-refractivity contribution is -0.124. The summed E-state index contributed by atoms with van der Waals surface area (Å²) in [5.74, 6) is 1.43. The number of hydrogen-bond donors (Lipinski definition) is 2. The second kappa shape index (κ2) is 14.2. The molecule has 0 aliphatic heterocycles. The van der Waals surface area contributed by atoms with Gasteiger partial charge in [0.2, 0.25) is 11.8 Å². The third-order valence-electron chi connectivity index (χ3n) is 7.53. The van der Waals surface area contributed by atoms with Crippen molar-refractivity contribution in [2.75, 3.05) is 26.1 Å². The molecule has 0 spiro atoms. The smallest absolute Gasteiger partial charge is 0.339 e. The molecule has 12 heteroatoms. The van der Waals surface area contributed by atoms with E-state index in [0.717, 1.165) is 0 Å². The monoisotopic (exact) mass is 593 g/mol. The number of aliphatic hydroxyl groups excluding tert-OH is 1. The maximum atomic E-state index is 13.5. The molecule has 1 heterocycles. The number of esters is 1. The van der Waals surface area contributed by atoms with Crippen molar-refractivity contribution in [2.45, 2.75) is 71.5 Å². The number of rotatable bonds is 15. The highest BCUT2D eigenvalue weighted by Crippen LogP contribution is 2.48. The van der Waals surface area contributed by atoms with E-state index in [1.54, 1.807) is 19.9 Å². The van der Waals surface area contributed by atoms with Crippen LogP contribution in [0, 0.1) is 19.8 Å². The highest BCUT2D eigenvalue weighted by atomic mass is 32.2. The minimum absolute atomic E-state index is 0.00304. The van der Waals surface area contributed by atoms with Gasteiger partial charge < -0.3 is 28.8 Å². The van der Waals surface area contributed by atoms with Crippen molar-refractivity contribution in [3.63, 3.8) is 0 Å². The quantitative estimate of drug-likeness (QED) is 0.124. The number of aromatic nitrogens is 2. The molecule has 0 fully saturated rings. The molecular weight excluding hydrogens is 550 g/mol. The van der Waals surface area contributed by atoms with E-state index in [0.29, 0.717) is 52.4 Å². The molecule has 2 aromatic rings. The number of aryl methyl sites for hydroxylation is 2. The Morgan fingerprint density at radius 2 is 1.95 bits per heavy atom. The number of carbonyl (C=O) groups is 2. The molecule has 2 N–H and O–H groups in total. The van der Waals surface area contributed by atoms with Crippen LogP contribution in [0.1, 0.15) is 66.3 Å². The van der Waals surface area contributed by atoms with E-state index in [1.165, 1.54) is 24.9 Å². The van der Waals surface area contributed by atoms with Crippen molar-refractivity contribution in [2.24, 2.45) is 5.92 Å². The molecule has 0 radical (unpaired) electrons. The zero-order valence-electron chi connectivity index (χ0n) is 25.0. The molecule has 222 valence electrons. The molecule has 0 unspecified atom stereocenters. The molecule has 1 atom stereocenters. The molecule has 2 rings (SSSR count). The van der Waals surface area contributed by atoms with Gasteiger partial charge in [-0.05, 0) is 37.9 Å². The number of benzene rings is 1. The van der Waals surface area contributed by atoms with Crippen molar-refractivity contribution in [1.82, 2.24) is 15.5 Å². The summed E-state index contributed by atoms with van der Waals surface area (Å²) >= 11 is 1.35. The third kappa shape index (κ3) is 7.88. The maximum Gasteiger partial charge on any atom is 0.339 e. The molecule has 1 aromatic carbocycles. The number of amides is 1. The zero-order valence-corrected chi connectivity index (χ0v) is 26.9. The van der Waals surface area contributed by atoms with Crippen molar-refractivity contribution in [3.05, 3.63) is 47.1 Å². The molecule has 0 saturated carbocycles. The highest BCUT2D eigenvalue weighted by Gasteiger charge is 2.46. The summed E-state index contributed by atoms with van der Waals surface area (Å²) in [6.07, 6.45) is 1.91. The van der Waals surface area contributed by atoms with E-state index in [2.05, 4.69) is 62.8 Å². The minimum atomic E-state index is -2.51. The van der Waals surface area contributed by atoms with Crippen molar-refractivity contribution in [1.29, 1.82) is 0 Å². The number of nitrogens with one attached hydrogen (secondary N) is 1. The number of nitrogens with zero attached hydrogens (tertiary/aromatic N) is 2. The van der Waals surface area contributed by atoms with Crippen LogP contribution in [-0.4, -0.2) is 61.5 Å². The first-order chi connectivity index (χ1) is 18.7. The molecule has 0 bridgehead atoms. The lowest BCUT2D eigenvalue weighted by Gasteiger charge is -2.43. The molecule has 0 saturated heterocycles. The molecule has 0 aliphatic carbocycles. The first-order valence-corrected chi connectivity index (χ1v) is 17.1. The summed E-state index contributed by atoms with van der Waals surface area (Å²) < 4.78 is 23.3. The summed E-state index contributed by atoms with van der Waals surface area (Å²) in [5.41, 5.74) is 1.21. The first-order valence-electron chi connectivity index (χ1n) is 13.2. The Balaban J connectivity index is 2.75. The maximum absolute atomic E-state index is 13.5. The lowest BCUT2D eigenvalue weighted by Crippen LogP contribution is -2.48. The van der Waals surface area contributed by atoms with Crippen LogP contribution < -0.4 is 14.5 Å². The van der Waals surface area contributed by atoms with Gasteiger partial charge >= 0.3 is 5.97 Å². The summed E-state index contributed by atoms with van der Waals surface area (Å²) in [5, 5.41) is 15.3. The van der Waals surface area contributed by atoms with Crippen molar-refractivity contribution >= 4 is 32.0 Å². The first kappa shape index (κ1) is 33.4. The number of ether oxygens (including phenoxy) is 2. The average molecular weight is 594 g/mol. The van der Waals surface area contributed by atoms with Crippen LogP contribution >= 0.6 is 11.8 Å². The predicted octanol–water partition coefficient (Wildman–Crippen LogP) is 5.14. The second-order valence-corrected chi connectivity index (χ2v) is 16.6. The molecular formula is C28H43N3O7SSi. The Labute approximate surface area is 242 Å². The van der Waals surface area contributed by atoms with Gasteiger partial charge in [0.05, 0.1) is 12.7 Å². The van der Waals surface area contributed by atoms with E-state index in [1.807, 2.05) is 0 Å². The van der Waals surface area contributed by atoms with Crippen LogP contribution in [-0.2, 0) is 16.0 Å². The fraction of sp³-hybridized carbons (Fsp3) is 0.571. The number of aliphatic hydroxyl groups is 1. The van der Waals surface area contributed by atoms with Gasteiger partial charge in [-0.2, -0.15) is 4.98 Å². The van der Waals surface area contributed by atoms with Gasteiger partial charge in [0.15, 0.2) is 5.82 Å².